The van der Waals surface area contributed by atoms with Gasteiger partial charge in [-0.1, -0.05) is 6.92 Å². The van der Waals surface area contributed by atoms with E-state index in [2.05, 4.69) is 17.1 Å². The Hall–Kier alpha value is -0.120. The third kappa shape index (κ3) is 4.57. The van der Waals surface area contributed by atoms with Crippen LogP contribution < -0.4 is 5.32 Å². The summed E-state index contributed by atoms with van der Waals surface area (Å²) < 4.78 is 0. The predicted molar refractivity (Wildman–Crippen MR) is 71.1 cm³/mol. The summed E-state index contributed by atoms with van der Waals surface area (Å²) in [5.74, 6) is 0.980. The molecule has 0 bridgehead atoms. The number of piperidine rings is 1. The number of hydrogen-bond donors (Lipinski definition) is 2. The fourth-order valence-electron chi connectivity index (χ4n) is 2.54. The smallest absolute Gasteiger partial charge is 0.0743 e. The second-order valence-electron chi connectivity index (χ2n) is 6.25. The lowest BCUT2D eigenvalue weighted by molar-refractivity contribution is 0.00864. The van der Waals surface area contributed by atoms with Crippen molar-refractivity contribution in [1.82, 2.24) is 10.2 Å². The van der Waals surface area contributed by atoms with Crippen LogP contribution in [0.4, 0.5) is 0 Å². The topological polar surface area (TPSA) is 35.5 Å². The highest BCUT2D eigenvalue weighted by Crippen LogP contribution is 2.28. The van der Waals surface area contributed by atoms with Gasteiger partial charge in [0, 0.05) is 12.6 Å². The summed E-state index contributed by atoms with van der Waals surface area (Å²) in [4.78, 5) is 2.42. The van der Waals surface area contributed by atoms with Crippen LogP contribution in [0.25, 0.3) is 0 Å². The first-order valence-electron chi connectivity index (χ1n) is 7.27. The molecule has 2 fully saturated rings. The Bertz CT molecular complexity index is 230. The molecule has 0 aromatic carbocycles. The van der Waals surface area contributed by atoms with Crippen LogP contribution in [0.5, 0.6) is 0 Å². The van der Waals surface area contributed by atoms with Gasteiger partial charge in [-0.25, -0.2) is 0 Å². The van der Waals surface area contributed by atoms with Crippen LogP contribution >= 0.6 is 0 Å². The summed E-state index contributed by atoms with van der Waals surface area (Å²) in [6.07, 6.45) is 6.20. The van der Waals surface area contributed by atoms with Gasteiger partial charge in [0.05, 0.1) is 5.60 Å². The molecule has 1 aliphatic heterocycles. The average molecular weight is 240 g/mol. The van der Waals surface area contributed by atoms with Crippen molar-refractivity contribution in [2.75, 3.05) is 26.2 Å². The maximum Gasteiger partial charge on any atom is 0.0743 e. The quantitative estimate of drug-likeness (QED) is 0.740. The molecule has 1 saturated heterocycles. The lowest BCUT2D eigenvalue weighted by Gasteiger charge is -2.36. The van der Waals surface area contributed by atoms with Crippen LogP contribution in [0.2, 0.25) is 0 Å². The van der Waals surface area contributed by atoms with E-state index in [4.69, 9.17) is 0 Å². The molecule has 1 heterocycles. The minimum Gasteiger partial charge on any atom is -0.389 e. The van der Waals surface area contributed by atoms with Gasteiger partial charge in [0.25, 0.3) is 0 Å². The molecule has 2 aliphatic rings. The van der Waals surface area contributed by atoms with E-state index in [1.54, 1.807) is 0 Å². The molecule has 17 heavy (non-hydrogen) atoms. The zero-order valence-electron chi connectivity index (χ0n) is 11.4. The van der Waals surface area contributed by atoms with Crippen LogP contribution in [0.15, 0.2) is 0 Å². The Morgan fingerprint density at radius 2 is 1.88 bits per heavy atom. The predicted octanol–water partition coefficient (Wildman–Crippen LogP) is 1.61. The maximum atomic E-state index is 10.1. The van der Waals surface area contributed by atoms with Gasteiger partial charge in [0.15, 0.2) is 0 Å². The summed E-state index contributed by atoms with van der Waals surface area (Å²) in [5.41, 5.74) is -0.506. The normalized spacial score (nSPS) is 27.0. The molecular weight excluding hydrogens is 212 g/mol. The van der Waals surface area contributed by atoms with Crippen LogP contribution in [0, 0.1) is 5.92 Å². The van der Waals surface area contributed by atoms with Crippen molar-refractivity contribution >= 4 is 0 Å². The molecule has 1 saturated carbocycles. The molecule has 1 atom stereocenters. The number of rotatable bonds is 6. The van der Waals surface area contributed by atoms with Gasteiger partial charge in [-0.15, -0.1) is 0 Å². The van der Waals surface area contributed by atoms with Crippen molar-refractivity contribution in [2.45, 2.75) is 57.6 Å². The van der Waals surface area contributed by atoms with Gasteiger partial charge >= 0.3 is 0 Å². The van der Waals surface area contributed by atoms with Crippen LogP contribution in [-0.4, -0.2) is 47.8 Å². The van der Waals surface area contributed by atoms with Crippen molar-refractivity contribution in [2.24, 2.45) is 5.92 Å². The molecule has 3 nitrogen and oxygen atoms in total. The second kappa shape index (κ2) is 5.68. The Balaban J connectivity index is 1.63. The summed E-state index contributed by atoms with van der Waals surface area (Å²) in [6.45, 7) is 8.35. The van der Waals surface area contributed by atoms with Gasteiger partial charge in [-0.2, -0.15) is 0 Å². The minimum atomic E-state index is -0.506. The lowest BCUT2D eigenvalue weighted by atomic mass is 9.99. The summed E-state index contributed by atoms with van der Waals surface area (Å²) in [6, 6.07) is 0.721. The van der Waals surface area contributed by atoms with Gasteiger partial charge in [-0.3, -0.25) is 0 Å². The molecule has 0 spiro atoms. The average Bonchev–Trinajstić information content (AvgIpc) is 3.12. The Morgan fingerprint density at radius 1 is 1.24 bits per heavy atom. The number of nitrogens with zero attached hydrogens (tertiary/aromatic N) is 1. The zero-order valence-corrected chi connectivity index (χ0v) is 11.4. The van der Waals surface area contributed by atoms with Crippen molar-refractivity contribution in [3.05, 3.63) is 0 Å². The minimum absolute atomic E-state index is 0.506. The van der Waals surface area contributed by atoms with Gasteiger partial charge in [0.1, 0.15) is 0 Å². The molecule has 0 aromatic rings. The lowest BCUT2D eigenvalue weighted by Crippen LogP contribution is -2.48. The molecule has 0 radical (unpaired) electrons. The molecule has 2 N–H and O–H groups in total. The van der Waals surface area contributed by atoms with Gasteiger partial charge in [-0.05, 0) is 64.6 Å². The first-order chi connectivity index (χ1) is 8.09. The van der Waals surface area contributed by atoms with E-state index in [0.29, 0.717) is 0 Å². The van der Waals surface area contributed by atoms with Crippen molar-refractivity contribution in [3.63, 3.8) is 0 Å². The fraction of sp³-hybridized carbons (Fsp3) is 1.00. The summed E-state index contributed by atoms with van der Waals surface area (Å²) in [7, 11) is 0. The number of likely N-dealkylation sites (tertiary alicyclic amines) is 1. The van der Waals surface area contributed by atoms with Crippen LogP contribution in [0.1, 0.15) is 46.0 Å². The van der Waals surface area contributed by atoms with E-state index in [1.165, 1.54) is 32.2 Å². The number of aliphatic hydroxyl groups is 1. The highest BCUT2D eigenvalue weighted by molar-refractivity contribution is 4.84. The van der Waals surface area contributed by atoms with E-state index in [9.17, 15) is 5.11 Å². The van der Waals surface area contributed by atoms with E-state index < -0.39 is 5.60 Å². The first-order valence-corrected chi connectivity index (χ1v) is 7.27. The number of nitrogens with one attached hydrogen (secondary N) is 1. The highest BCUT2D eigenvalue weighted by Gasteiger charge is 2.27. The highest BCUT2D eigenvalue weighted by atomic mass is 16.3. The number of hydrogen-bond acceptors (Lipinski definition) is 3. The second-order valence-corrected chi connectivity index (χ2v) is 6.25. The summed E-state index contributed by atoms with van der Waals surface area (Å²) >= 11 is 0. The molecule has 2 rings (SSSR count). The summed E-state index contributed by atoms with van der Waals surface area (Å²) in [5, 5.41) is 13.8. The molecule has 3 heteroatoms. The Kier molecular flexibility index (Phi) is 4.45. The third-order valence-corrected chi connectivity index (χ3v) is 4.31. The van der Waals surface area contributed by atoms with Crippen LogP contribution in [0.3, 0.4) is 0 Å². The molecular formula is C14H28N2O. The van der Waals surface area contributed by atoms with Gasteiger partial charge < -0.3 is 15.3 Å². The van der Waals surface area contributed by atoms with E-state index in [-0.39, 0.29) is 0 Å². The SMILES string of the molecule is CCC(C)(O)CN1CCC(NCC2CC2)CC1. The largest absolute Gasteiger partial charge is 0.389 e. The molecule has 100 valence electrons. The fourth-order valence-corrected chi connectivity index (χ4v) is 2.54. The van der Waals surface area contributed by atoms with Crippen molar-refractivity contribution in [1.29, 1.82) is 0 Å². The van der Waals surface area contributed by atoms with E-state index in [0.717, 1.165) is 38.0 Å². The van der Waals surface area contributed by atoms with Gasteiger partial charge in [0.2, 0.25) is 0 Å². The molecule has 0 amide bonds. The van der Waals surface area contributed by atoms with E-state index >= 15 is 0 Å². The third-order valence-electron chi connectivity index (χ3n) is 4.31. The maximum absolute atomic E-state index is 10.1. The van der Waals surface area contributed by atoms with Crippen molar-refractivity contribution in [3.8, 4) is 0 Å². The molecule has 1 unspecified atom stereocenters. The van der Waals surface area contributed by atoms with Crippen molar-refractivity contribution < 1.29 is 5.11 Å². The molecule has 1 aliphatic carbocycles. The zero-order chi connectivity index (χ0) is 12.3. The standard InChI is InChI=1S/C14H28N2O/c1-3-14(2,17)11-16-8-6-13(7-9-16)15-10-12-4-5-12/h12-13,15,17H,3-11H2,1-2H3. The Labute approximate surface area is 106 Å². The first kappa shape index (κ1) is 13.3. The Morgan fingerprint density at radius 3 is 2.41 bits per heavy atom. The number of β-amino-alcohol motifs (C(OH)–C–C–N with tert-alkyl or cyclic N) is 1. The molecule has 0 aromatic heterocycles. The monoisotopic (exact) mass is 240 g/mol. The van der Waals surface area contributed by atoms with E-state index in [1.807, 2.05) is 6.92 Å². The van der Waals surface area contributed by atoms with Crippen LogP contribution in [-0.2, 0) is 0 Å².